The van der Waals surface area contributed by atoms with E-state index in [9.17, 15) is 4.79 Å². The number of amides is 1. The summed E-state index contributed by atoms with van der Waals surface area (Å²) in [7, 11) is 1.63. The van der Waals surface area contributed by atoms with Crippen LogP contribution in [0.1, 0.15) is 24.0 Å². The third kappa shape index (κ3) is 4.30. The number of benzene rings is 2. The number of hydrogen-bond donors (Lipinski definition) is 1. The maximum atomic E-state index is 12.8. The lowest BCUT2D eigenvalue weighted by atomic mass is 9.97. The van der Waals surface area contributed by atoms with Crippen LogP contribution in [0.2, 0.25) is 0 Å². The molecular weight excluding hydrogens is 380 g/mol. The third-order valence-corrected chi connectivity index (χ3v) is 5.60. The second kappa shape index (κ2) is 8.57. The van der Waals surface area contributed by atoms with Gasteiger partial charge in [-0.3, -0.25) is 4.79 Å². The van der Waals surface area contributed by atoms with E-state index in [-0.39, 0.29) is 11.8 Å². The van der Waals surface area contributed by atoms with Gasteiger partial charge in [-0.15, -0.1) is 0 Å². The average Bonchev–Trinajstić information content (AvgIpc) is 3.27. The Morgan fingerprint density at radius 3 is 2.70 bits per heavy atom. The summed E-state index contributed by atoms with van der Waals surface area (Å²) in [6.45, 7) is 5.45. The number of nitrogens with one attached hydrogen (secondary N) is 1. The lowest BCUT2D eigenvalue weighted by Gasteiger charge is -2.30. The summed E-state index contributed by atoms with van der Waals surface area (Å²) in [6.07, 6.45) is 1.73. The van der Waals surface area contributed by atoms with Gasteiger partial charge in [-0.05, 0) is 74.2 Å². The molecule has 1 unspecified atom stereocenters. The Hall–Kier alpha value is -3.35. The molecule has 0 saturated carbocycles. The van der Waals surface area contributed by atoms with Crippen molar-refractivity contribution in [2.45, 2.75) is 26.7 Å². The maximum Gasteiger partial charge on any atom is 0.324 e. The highest BCUT2D eigenvalue weighted by molar-refractivity contribution is 5.93. The number of carbonyl (C=O) groups is 1. The smallest absolute Gasteiger partial charge is 0.324 e. The number of carbonyl (C=O) groups excluding carboxylic acids is 1. The number of aromatic nitrogens is 2. The summed E-state index contributed by atoms with van der Waals surface area (Å²) < 4.78 is 10.7. The number of hydrogen-bond acceptors (Lipinski definition) is 6. The van der Waals surface area contributed by atoms with Crippen molar-refractivity contribution in [3.8, 4) is 17.1 Å². The first-order chi connectivity index (χ1) is 14.5. The number of ether oxygens (including phenoxy) is 1. The van der Waals surface area contributed by atoms with Crippen LogP contribution in [0.15, 0.2) is 47.0 Å². The Morgan fingerprint density at radius 1 is 1.17 bits per heavy atom. The van der Waals surface area contributed by atoms with Gasteiger partial charge < -0.3 is 19.5 Å². The zero-order valence-electron chi connectivity index (χ0n) is 17.5. The predicted molar refractivity (Wildman–Crippen MR) is 116 cm³/mol. The molecular formula is C23H26N4O3. The lowest BCUT2D eigenvalue weighted by Crippen LogP contribution is -2.41. The largest absolute Gasteiger partial charge is 0.497 e. The molecule has 2 heterocycles. The molecule has 156 valence electrons. The van der Waals surface area contributed by atoms with Gasteiger partial charge in [0.1, 0.15) is 5.75 Å². The van der Waals surface area contributed by atoms with E-state index in [1.165, 1.54) is 5.56 Å². The molecule has 30 heavy (non-hydrogen) atoms. The molecule has 1 amide bonds. The first kappa shape index (κ1) is 19.9. The van der Waals surface area contributed by atoms with Crippen LogP contribution in [0.4, 0.5) is 11.7 Å². The molecule has 1 aromatic heterocycles. The predicted octanol–water partition coefficient (Wildman–Crippen LogP) is 4.22. The zero-order chi connectivity index (χ0) is 21.1. The zero-order valence-corrected chi connectivity index (χ0v) is 17.5. The van der Waals surface area contributed by atoms with Gasteiger partial charge >= 0.3 is 6.01 Å². The fourth-order valence-corrected chi connectivity index (χ4v) is 3.63. The summed E-state index contributed by atoms with van der Waals surface area (Å²) >= 11 is 0. The van der Waals surface area contributed by atoms with Crippen LogP contribution in [-0.4, -0.2) is 36.2 Å². The number of nitrogens with zero attached hydrogens (tertiary/aromatic N) is 3. The maximum absolute atomic E-state index is 12.8. The van der Waals surface area contributed by atoms with E-state index in [4.69, 9.17) is 9.26 Å². The van der Waals surface area contributed by atoms with Gasteiger partial charge in [-0.25, -0.2) is 0 Å². The van der Waals surface area contributed by atoms with Gasteiger partial charge in [-0.2, -0.15) is 4.98 Å². The Kier molecular flexibility index (Phi) is 5.70. The van der Waals surface area contributed by atoms with E-state index < -0.39 is 0 Å². The van der Waals surface area contributed by atoms with E-state index in [1.807, 2.05) is 54.3 Å². The highest BCUT2D eigenvalue weighted by Gasteiger charge is 2.28. The third-order valence-electron chi connectivity index (χ3n) is 5.60. The summed E-state index contributed by atoms with van der Waals surface area (Å²) in [5.41, 5.74) is 4.06. The highest BCUT2D eigenvalue weighted by atomic mass is 16.5. The number of rotatable bonds is 5. The van der Waals surface area contributed by atoms with Gasteiger partial charge in [0, 0.05) is 24.3 Å². The summed E-state index contributed by atoms with van der Waals surface area (Å²) in [5, 5.41) is 7.15. The van der Waals surface area contributed by atoms with E-state index in [0.29, 0.717) is 18.4 Å². The second-order valence-corrected chi connectivity index (χ2v) is 7.70. The van der Waals surface area contributed by atoms with Crippen LogP contribution in [0, 0.1) is 19.8 Å². The van der Waals surface area contributed by atoms with Crippen LogP contribution in [-0.2, 0) is 4.79 Å². The minimum Gasteiger partial charge on any atom is -0.497 e. The van der Waals surface area contributed by atoms with Crippen molar-refractivity contribution < 1.29 is 14.1 Å². The van der Waals surface area contributed by atoms with Crippen molar-refractivity contribution in [1.82, 2.24) is 10.1 Å². The molecule has 1 aliphatic rings. The van der Waals surface area contributed by atoms with E-state index in [1.54, 1.807) is 7.11 Å². The molecule has 7 heteroatoms. The van der Waals surface area contributed by atoms with Crippen LogP contribution in [0.5, 0.6) is 5.75 Å². The van der Waals surface area contributed by atoms with Crippen molar-refractivity contribution in [2.24, 2.45) is 5.92 Å². The molecule has 1 fully saturated rings. The fourth-order valence-electron chi connectivity index (χ4n) is 3.63. The molecule has 0 bridgehead atoms. The van der Waals surface area contributed by atoms with Crippen LogP contribution < -0.4 is 15.0 Å². The number of methoxy groups -OCH3 is 1. The van der Waals surface area contributed by atoms with Crippen molar-refractivity contribution in [1.29, 1.82) is 0 Å². The topological polar surface area (TPSA) is 80.5 Å². The normalized spacial score (nSPS) is 16.4. The highest BCUT2D eigenvalue weighted by Crippen LogP contribution is 2.26. The molecule has 1 aliphatic heterocycles. The van der Waals surface area contributed by atoms with Crippen molar-refractivity contribution in [3.63, 3.8) is 0 Å². The summed E-state index contributed by atoms with van der Waals surface area (Å²) in [4.78, 5) is 19.3. The molecule has 1 saturated heterocycles. The molecule has 4 rings (SSSR count). The monoisotopic (exact) mass is 406 g/mol. The molecule has 0 aliphatic carbocycles. The molecule has 1 N–H and O–H groups in total. The lowest BCUT2D eigenvalue weighted by molar-refractivity contribution is -0.120. The van der Waals surface area contributed by atoms with E-state index in [2.05, 4.69) is 22.4 Å². The van der Waals surface area contributed by atoms with Crippen molar-refractivity contribution in [2.75, 3.05) is 30.4 Å². The summed E-state index contributed by atoms with van der Waals surface area (Å²) in [5.74, 6) is 1.19. The van der Waals surface area contributed by atoms with E-state index in [0.717, 1.165) is 42.0 Å². The Bertz CT molecular complexity index is 1030. The van der Waals surface area contributed by atoms with Gasteiger partial charge in [0.15, 0.2) is 0 Å². The molecule has 0 radical (unpaired) electrons. The van der Waals surface area contributed by atoms with Gasteiger partial charge in [0.05, 0.1) is 13.0 Å². The Balaban J connectivity index is 1.42. The van der Waals surface area contributed by atoms with E-state index >= 15 is 0 Å². The second-order valence-electron chi connectivity index (χ2n) is 7.70. The Morgan fingerprint density at radius 2 is 1.97 bits per heavy atom. The van der Waals surface area contributed by atoms with Gasteiger partial charge in [0.2, 0.25) is 11.7 Å². The van der Waals surface area contributed by atoms with Crippen molar-refractivity contribution in [3.05, 3.63) is 53.6 Å². The minimum atomic E-state index is -0.128. The molecule has 3 aromatic rings. The molecule has 0 spiro atoms. The molecule has 2 aromatic carbocycles. The fraction of sp³-hybridized carbons (Fsp3) is 0.348. The van der Waals surface area contributed by atoms with Gasteiger partial charge in [-0.1, -0.05) is 11.2 Å². The average molecular weight is 406 g/mol. The Labute approximate surface area is 176 Å². The molecule has 7 nitrogen and oxygen atoms in total. The SMILES string of the molecule is COc1ccc(-c2noc(N3CCCC(C(=O)Nc4ccc(C)c(C)c4)C3)n2)cc1. The van der Waals surface area contributed by atoms with Crippen LogP contribution in [0.3, 0.4) is 0 Å². The molecule has 1 atom stereocenters. The number of aryl methyl sites for hydroxylation is 2. The van der Waals surface area contributed by atoms with Crippen LogP contribution >= 0.6 is 0 Å². The first-order valence-electron chi connectivity index (χ1n) is 10.1. The van der Waals surface area contributed by atoms with Gasteiger partial charge in [0.25, 0.3) is 0 Å². The quantitative estimate of drug-likeness (QED) is 0.683. The standard InChI is InChI=1S/C23H26N4O3/c1-15-6-9-19(13-16(15)2)24-22(28)18-5-4-12-27(14-18)23-25-21(26-30-23)17-7-10-20(29-3)11-8-17/h6-11,13,18H,4-5,12,14H2,1-3H3,(H,24,28). The van der Waals surface area contributed by atoms with Crippen molar-refractivity contribution >= 4 is 17.6 Å². The first-order valence-corrected chi connectivity index (χ1v) is 10.1. The number of piperidine rings is 1. The minimum absolute atomic E-state index is 0.0258. The number of anilines is 2. The van der Waals surface area contributed by atoms with Crippen LogP contribution in [0.25, 0.3) is 11.4 Å². The summed E-state index contributed by atoms with van der Waals surface area (Å²) in [6, 6.07) is 13.9.